The summed E-state index contributed by atoms with van der Waals surface area (Å²) in [4.78, 5) is 2.07. The summed E-state index contributed by atoms with van der Waals surface area (Å²) in [5.74, 6) is 0. The van der Waals surface area contributed by atoms with Crippen LogP contribution in [0.4, 0.5) is 0 Å². The van der Waals surface area contributed by atoms with E-state index in [4.69, 9.17) is 24.8 Å². The monoisotopic (exact) mass is 214 g/mol. The average Bonchev–Trinajstić information content (AvgIpc) is 2.12. The van der Waals surface area contributed by atoms with Crippen molar-refractivity contribution >= 4 is 29.2 Å². The second-order valence-electron chi connectivity index (χ2n) is 2.36. The van der Waals surface area contributed by atoms with Gasteiger partial charge in [-0.15, -0.1) is 0 Å². The molecule has 0 amide bonds. The maximum Gasteiger partial charge on any atom is 1.00 e. The molecule has 0 aromatic heterocycles. The Kier molecular flexibility index (Phi) is 8.25. The molecule has 0 atom stereocenters. The largest absolute Gasteiger partial charge is 1.00 e. The normalized spacial score (nSPS) is 18.4. The molecular weight excluding hydrogens is 203 g/mol. The van der Waals surface area contributed by atoms with Crippen LogP contribution in [0.5, 0.6) is 0 Å². The fraction of sp³-hybridized carbons (Fsp3) is 0.833. The van der Waals surface area contributed by atoms with Gasteiger partial charge < -0.3 is 35.1 Å². The molecule has 0 bridgehead atoms. The molecule has 1 aliphatic rings. The van der Waals surface area contributed by atoms with Gasteiger partial charge in [-0.2, -0.15) is 0 Å². The SMILES string of the molecule is S=C([S-])N1CCCNCC1.[K+]. The first kappa shape index (κ1) is 12.7. The first-order valence-corrected chi connectivity index (χ1v) is 4.29. The van der Waals surface area contributed by atoms with E-state index in [0.29, 0.717) is 4.32 Å². The predicted octanol–water partition coefficient (Wildman–Crippen LogP) is -2.88. The second kappa shape index (κ2) is 7.14. The molecular formula is C6H11KN2S2. The summed E-state index contributed by atoms with van der Waals surface area (Å²) in [6.45, 7) is 4.10. The van der Waals surface area contributed by atoms with E-state index in [1.807, 2.05) is 0 Å². The van der Waals surface area contributed by atoms with Crippen LogP contribution in [0.25, 0.3) is 0 Å². The number of thiocarbonyl (C=S) groups is 1. The molecule has 1 N–H and O–H groups in total. The summed E-state index contributed by atoms with van der Waals surface area (Å²) in [7, 11) is 0. The van der Waals surface area contributed by atoms with Crippen LogP contribution in [-0.4, -0.2) is 35.4 Å². The number of nitrogens with one attached hydrogen (secondary N) is 1. The standard InChI is InChI=1S/C6H12N2S2.K/c9-6(10)8-4-1-2-7-3-5-8;/h7H,1-5H2,(H,9,10);/q;+1/p-1. The van der Waals surface area contributed by atoms with E-state index in [1.54, 1.807) is 0 Å². The topological polar surface area (TPSA) is 15.3 Å². The first-order valence-electron chi connectivity index (χ1n) is 3.47. The van der Waals surface area contributed by atoms with Crippen molar-refractivity contribution in [3.8, 4) is 0 Å². The van der Waals surface area contributed by atoms with Crippen LogP contribution in [0.1, 0.15) is 6.42 Å². The Labute approximate surface area is 121 Å². The van der Waals surface area contributed by atoms with Crippen molar-refractivity contribution in [2.24, 2.45) is 0 Å². The van der Waals surface area contributed by atoms with Gasteiger partial charge in [-0.25, -0.2) is 0 Å². The van der Waals surface area contributed by atoms with Crippen LogP contribution >= 0.6 is 12.2 Å². The van der Waals surface area contributed by atoms with E-state index in [2.05, 4.69) is 10.2 Å². The number of hydrogen-bond donors (Lipinski definition) is 1. The Morgan fingerprint density at radius 2 is 2.09 bits per heavy atom. The first-order chi connectivity index (χ1) is 4.80. The molecule has 0 aromatic carbocycles. The van der Waals surface area contributed by atoms with Crippen LogP contribution in [0.3, 0.4) is 0 Å². The van der Waals surface area contributed by atoms with Crippen LogP contribution in [0.2, 0.25) is 0 Å². The van der Waals surface area contributed by atoms with Crippen molar-refractivity contribution in [3.63, 3.8) is 0 Å². The van der Waals surface area contributed by atoms with Gasteiger partial charge in [0.05, 0.1) is 0 Å². The maximum absolute atomic E-state index is 4.89. The van der Waals surface area contributed by atoms with Crippen molar-refractivity contribution in [2.75, 3.05) is 26.2 Å². The zero-order valence-electron chi connectivity index (χ0n) is 6.80. The second-order valence-corrected chi connectivity index (χ2v) is 3.39. The fourth-order valence-corrected chi connectivity index (χ4v) is 1.39. The Morgan fingerprint density at radius 1 is 1.36 bits per heavy atom. The van der Waals surface area contributed by atoms with Gasteiger partial charge in [0, 0.05) is 19.6 Å². The van der Waals surface area contributed by atoms with E-state index in [1.165, 1.54) is 0 Å². The number of nitrogens with zero attached hydrogens (tertiary/aromatic N) is 1. The Morgan fingerprint density at radius 3 is 2.73 bits per heavy atom. The minimum absolute atomic E-state index is 0. The molecule has 0 aromatic rings. The summed E-state index contributed by atoms with van der Waals surface area (Å²) < 4.78 is 0.615. The van der Waals surface area contributed by atoms with Gasteiger partial charge in [0.15, 0.2) is 0 Å². The average molecular weight is 214 g/mol. The molecule has 1 fully saturated rings. The summed E-state index contributed by atoms with van der Waals surface area (Å²) in [6.07, 6.45) is 1.15. The molecule has 0 saturated carbocycles. The molecule has 1 heterocycles. The van der Waals surface area contributed by atoms with Gasteiger partial charge in [0.2, 0.25) is 0 Å². The Bertz CT molecular complexity index is 124. The Balaban J connectivity index is 0.000001000. The zero-order valence-corrected chi connectivity index (χ0v) is 11.6. The minimum atomic E-state index is 0. The number of hydrogen-bond acceptors (Lipinski definition) is 3. The van der Waals surface area contributed by atoms with Crippen molar-refractivity contribution in [2.45, 2.75) is 6.42 Å². The third-order valence-electron chi connectivity index (χ3n) is 1.60. The molecule has 11 heavy (non-hydrogen) atoms. The van der Waals surface area contributed by atoms with E-state index < -0.39 is 0 Å². The molecule has 5 heteroatoms. The van der Waals surface area contributed by atoms with Gasteiger partial charge >= 0.3 is 51.4 Å². The van der Waals surface area contributed by atoms with Gasteiger partial charge in [-0.1, -0.05) is 4.32 Å². The summed E-state index contributed by atoms with van der Waals surface area (Å²) in [6, 6.07) is 0. The predicted molar refractivity (Wildman–Crippen MR) is 49.0 cm³/mol. The maximum atomic E-state index is 4.89. The smallest absolute Gasteiger partial charge is 0.411 e. The van der Waals surface area contributed by atoms with E-state index in [0.717, 1.165) is 32.6 Å². The van der Waals surface area contributed by atoms with Crippen LogP contribution in [0, 0.1) is 0 Å². The number of rotatable bonds is 0. The fourth-order valence-electron chi connectivity index (χ4n) is 1.03. The molecule has 58 valence electrons. The van der Waals surface area contributed by atoms with Crippen molar-refractivity contribution < 1.29 is 51.4 Å². The van der Waals surface area contributed by atoms with Crippen molar-refractivity contribution in [1.29, 1.82) is 0 Å². The zero-order chi connectivity index (χ0) is 7.40. The van der Waals surface area contributed by atoms with Crippen molar-refractivity contribution in [3.05, 3.63) is 0 Å². The molecule has 2 nitrogen and oxygen atoms in total. The third-order valence-corrected chi connectivity index (χ3v) is 2.11. The van der Waals surface area contributed by atoms with E-state index in [-0.39, 0.29) is 51.4 Å². The molecule has 0 radical (unpaired) electrons. The summed E-state index contributed by atoms with van der Waals surface area (Å²) in [5.41, 5.74) is 0. The molecule has 1 rings (SSSR count). The van der Waals surface area contributed by atoms with Gasteiger partial charge in [0.1, 0.15) is 0 Å². The Hall–Kier alpha value is 1.71. The van der Waals surface area contributed by atoms with E-state index >= 15 is 0 Å². The molecule has 0 unspecified atom stereocenters. The van der Waals surface area contributed by atoms with Gasteiger partial charge in [-0.05, 0) is 13.0 Å². The molecule has 0 spiro atoms. The summed E-state index contributed by atoms with van der Waals surface area (Å²) in [5, 5.41) is 3.28. The van der Waals surface area contributed by atoms with Gasteiger partial charge in [-0.3, -0.25) is 0 Å². The van der Waals surface area contributed by atoms with Crippen LogP contribution in [0.15, 0.2) is 0 Å². The third kappa shape index (κ3) is 5.10. The van der Waals surface area contributed by atoms with Crippen molar-refractivity contribution in [1.82, 2.24) is 10.2 Å². The molecule has 1 aliphatic heterocycles. The molecule has 1 saturated heterocycles. The minimum Gasteiger partial charge on any atom is -0.411 e. The quantitative estimate of drug-likeness (QED) is 0.265. The van der Waals surface area contributed by atoms with E-state index in [9.17, 15) is 0 Å². The summed E-state index contributed by atoms with van der Waals surface area (Å²) >= 11 is 9.78. The van der Waals surface area contributed by atoms with Gasteiger partial charge in [0.25, 0.3) is 0 Å². The molecule has 0 aliphatic carbocycles. The van der Waals surface area contributed by atoms with Crippen LogP contribution < -0.4 is 56.7 Å². The van der Waals surface area contributed by atoms with Crippen LogP contribution in [-0.2, 0) is 12.6 Å².